The second-order valence-electron chi connectivity index (χ2n) is 1.31. The number of carbonyl (C=O) groups excluding carboxylic acids is 1. The molecule has 0 radical (unpaired) electrons. The van der Waals surface area contributed by atoms with Crippen molar-refractivity contribution in [1.29, 1.82) is 0 Å². The summed E-state index contributed by atoms with van der Waals surface area (Å²) < 4.78 is 12.2. The molecule has 0 atom stereocenters. The molecular formula is C5H6FKN2O2. The smallest absolute Gasteiger partial charge is 0.857 e. The number of rotatable bonds is 3. The molecule has 4 nitrogen and oxygen atoms in total. The first-order valence-electron chi connectivity index (χ1n) is 2.42. The van der Waals surface area contributed by atoms with E-state index in [1.54, 1.807) is 0 Å². The summed E-state index contributed by atoms with van der Waals surface area (Å²) in [5, 5.41) is 12.1. The van der Waals surface area contributed by atoms with Gasteiger partial charge in [-0.2, -0.15) is 0 Å². The van der Waals surface area contributed by atoms with Gasteiger partial charge in [0.15, 0.2) is 0 Å². The number of halogens is 1. The van der Waals surface area contributed by atoms with Crippen LogP contribution in [-0.2, 0) is 4.79 Å². The Bertz CT molecular complexity index is 181. The third-order valence-corrected chi connectivity index (χ3v) is 0.685. The molecule has 6 heteroatoms. The monoisotopic (exact) mass is 184 g/mol. The van der Waals surface area contributed by atoms with E-state index in [1.165, 1.54) is 0 Å². The van der Waals surface area contributed by atoms with Crippen LogP contribution >= 0.6 is 0 Å². The fourth-order valence-corrected chi connectivity index (χ4v) is 0.276. The molecule has 0 unspecified atom stereocenters. The predicted molar refractivity (Wildman–Crippen MR) is 31.7 cm³/mol. The van der Waals surface area contributed by atoms with Crippen LogP contribution in [0.2, 0.25) is 0 Å². The van der Waals surface area contributed by atoms with Crippen molar-refractivity contribution in [3.63, 3.8) is 0 Å². The molecule has 0 rings (SSSR count). The Kier molecular flexibility index (Phi) is 10.5. The molecule has 0 bridgehead atoms. The van der Waals surface area contributed by atoms with Crippen molar-refractivity contribution in [2.45, 2.75) is 0 Å². The van der Waals surface area contributed by atoms with E-state index in [-0.39, 0.29) is 57.8 Å². The zero-order chi connectivity index (χ0) is 7.98. The molecule has 1 N–H and O–H groups in total. The van der Waals surface area contributed by atoms with E-state index in [4.69, 9.17) is 0 Å². The minimum Gasteiger partial charge on any atom is -0.857 e. The Labute approximate surface area is 106 Å². The molecule has 0 aliphatic carbocycles. The van der Waals surface area contributed by atoms with Crippen molar-refractivity contribution >= 4 is 12.3 Å². The van der Waals surface area contributed by atoms with Crippen LogP contribution in [0.5, 0.6) is 0 Å². The Morgan fingerprint density at radius 3 is 2.64 bits per heavy atom. The molecule has 0 aromatic heterocycles. The third-order valence-electron chi connectivity index (χ3n) is 0.685. The number of hydrogen-bond acceptors (Lipinski definition) is 3. The van der Waals surface area contributed by atoms with Crippen molar-refractivity contribution < 1.29 is 65.7 Å². The Morgan fingerprint density at radius 1 is 1.73 bits per heavy atom. The van der Waals surface area contributed by atoms with Crippen LogP contribution in [0.1, 0.15) is 0 Å². The van der Waals surface area contributed by atoms with Crippen LogP contribution < -0.4 is 61.8 Å². The topological polar surface area (TPSA) is 64.5 Å². The average molecular weight is 184 g/mol. The molecular weight excluding hydrogens is 178 g/mol. The van der Waals surface area contributed by atoms with Gasteiger partial charge in [0.1, 0.15) is 5.83 Å². The quantitative estimate of drug-likeness (QED) is 0.210. The first-order chi connectivity index (χ1) is 4.72. The van der Waals surface area contributed by atoms with Gasteiger partial charge in [-0.3, -0.25) is 4.79 Å². The number of hydrogen-bond donors (Lipinski definition) is 1. The summed E-state index contributed by atoms with van der Waals surface area (Å²) in [4.78, 5) is 12.6. The Balaban J connectivity index is 0. The maximum absolute atomic E-state index is 12.2. The van der Waals surface area contributed by atoms with Gasteiger partial charge in [0.2, 0.25) is 6.41 Å². The summed E-state index contributed by atoms with van der Waals surface area (Å²) >= 11 is 0. The SMILES string of the molecule is CN=C([O-])/C(F)=C\NC=O.[K+]. The predicted octanol–water partition coefficient (Wildman–Crippen LogP) is -4.06. The van der Waals surface area contributed by atoms with Crippen molar-refractivity contribution in [1.82, 2.24) is 5.32 Å². The van der Waals surface area contributed by atoms with E-state index in [0.29, 0.717) is 6.20 Å². The molecule has 1 amide bonds. The minimum absolute atomic E-state index is 0. The maximum atomic E-state index is 12.2. The molecule has 56 valence electrons. The standard InChI is InChI=1S/C5H7FN2O2.K/c1-7-5(10)4(6)2-8-3-9;/h2-3H,1H3,(H,7,10)(H,8,9);/q;+1/p-1/b4-2+;. The summed E-state index contributed by atoms with van der Waals surface area (Å²) in [6.45, 7) is 0. The number of nitrogens with one attached hydrogen (secondary N) is 1. The summed E-state index contributed by atoms with van der Waals surface area (Å²) in [7, 11) is 1.16. The van der Waals surface area contributed by atoms with Crippen LogP contribution in [-0.4, -0.2) is 19.4 Å². The zero-order valence-electron chi connectivity index (χ0n) is 6.30. The van der Waals surface area contributed by atoms with Crippen molar-refractivity contribution in [2.24, 2.45) is 4.99 Å². The summed E-state index contributed by atoms with van der Waals surface area (Å²) in [6.07, 6.45) is 0.894. The maximum Gasteiger partial charge on any atom is 1.00 e. The fourth-order valence-electron chi connectivity index (χ4n) is 0.276. The van der Waals surface area contributed by atoms with Gasteiger partial charge in [-0.05, 0) is 0 Å². The van der Waals surface area contributed by atoms with Gasteiger partial charge in [0.05, 0.1) is 0 Å². The molecule has 0 aromatic carbocycles. The van der Waals surface area contributed by atoms with Crippen molar-refractivity contribution in [3.05, 3.63) is 12.0 Å². The van der Waals surface area contributed by atoms with Gasteiger partial charge < -0.3 is 15.4 Å². The van der Waals surface area contributed by atoms with E-state index >= 15 is 0 Å². The van der Waals surface area contributed by atoms with Gasteiger partial charge in [0, 0.05) is 19.1 Å². The number of amides is 1. The van der Waals surface area contributed by atoms with Gasteiger partial charge in [-0.15, -0.1) is 0 Å². The van der Waals surface area contributed by atoms with Gasteiger partial charge >= 0.3 is 51.4 Å². The number of nitrogens with zero attached hydrogens (tertiary/aromatic N) is 1. The number of aliphatic imine (C=N–C) groups is 1. The number of carbonyl (C=O) groups is 1. The minimum atomic E-state index is -1.09. The van der Waals surface area contributed by atoms with Gasteiger partial charge in [-0.1, -0.05) is 0 Å². The van der Waals surface area contributed by atoms with Crippen molar-refractivity contribution in [3.8, 4) is 0 Å². The average Bonchev–Trinajstić information content (AvgIpc) is 1.98. The van der Waals surface area contributed by atoms with Crippen LogP contribution in [0.4, 0.5) is 4.39 Å². The first kappa shape index (κ1) is 13.8. The molecule has 0 saturated carbocycles. The third kappa shape index (κ3) is 6.64. The summed E-state index contributed by atoms with van der Waals surface area (Å²) in [5.74, 6) is -2.08. The molecule has 0 aliphatic heterocycles. The van der Waals surface area contributed by atoms with Crippen LogP contribution in [0.25, 0.3) is 0 Å². The summed E-state index contributed by atoms with van der Waals surface area (Å²) in [6, 6.07) is 0. The zero-order valence-corrected chi connectivity index (χ0v) is 9.42. The second kappa shape index (κ2) is 8.34. The molecule has 0 fully saturated rings. The van der Waals surface area contributed by atoms with E-state index in [2.05, 4.69) is 4.99 Å². The Morgan fingerprint density at radius 2 is 2.27 bits per heavy atom. The molecule has 0 aromatic rings. The molecule has 0 heterocycles. The van der Waals surface area contributed by atoms with Crippen LogP contribution in [0.3, 0.4) is 0 Å². The molecule has 0 saturated heterocycles. The second-order valence-corrected chi connectivity index (χ2v) is 1.31. The van der Waals surface area contributed by atoms with E-state index in [9.17, 15) is 14.3 Å². The first-order valence-corrected chi connectivity index (χ1v) is 2.42. The molecule has 0 spiro atoms. The van der Waals surface area contributed by atoms with Crippen LogP contribution in [0.15, 0.2) is 17.0 Å². The van der Waals surface area contributed by atoms with Crippen LogP contribution in [0, 0.1) is 0 Å². The largest absolute Gasteiger partial charge is 1.00 e. The summed E-state index contributed by atoms with van der Waals surface area (Å²) in [5.41, 5.74) is 0. The fraction of sp³-hybridized carbons (Fsp3) is 0.200. The Hall–Kier alpha value is 0.246. The normalized spacial score (nSPS) is 11.8. The van der Waals surface area contributed by atoms with Crippen molar-refractivity contribution in [2.75, 3.05) is 7.05 Å². The molecule has 0 aliphatic rings. The van der Waals surface area contributed by atoms with Gasteiger partial charge in [0.25, 0.3) is 0 Å². The van der Waals surface area contributed by atoms with E-state index in [1.807, 2.05) is 5.32 Å². The van der Waals surface area contributed by atoms with E-state index < -0.39 is 11.7 Å². The van der Waals surface area contributed by atoms with Gasteiger partial charge in [-0.25, -0.2) is 4.39 Å². The van der Waals surface area contributed by atoms with E-state index in [0.717, 1.165) is 7.05 Å². The molecule has 11 heavy (non-hydrogen) atoms.